The summed E-state index contributed by atoms with van der Waals surface area (Å²) in [6.45, 7) is 2.02. The molecular weight excluding hydrogens is 320 g/mol. The SMILES string of the molecule is Cc1cccc(-n2nc(C(=O)O)c3c2CCCC3)c1Br. The molecule has 104 valence electrons. The van der Waals surface area contributed by atoms with Gasteiger partial charge in [-0.3, -0.25) is 0 Å². The van der Waals surface area contributed by atoms with Crippen LogP contribution in [0.4, 0.5) is 0 Å². The Labute approximate surface area is 125 Å². The number of hydrogen-bond donors (Lipinski definition) is 1. The van der Waals surface area contributed by atoms with Crippen LogP contribution in [0.3, 0.4) is 0 Å². The minimum Gasteiger partial charge on any atom is -0.476 e. The molecule has 1 aromatic heterocycles. The number of fused-ring (bicyclic) bond motifs is 1. The molecular formula is C15H15BrN2O2. The van der Waals surface area contributed by atoms with Crippen LogP contribution in [-0.2, 0) is 12.8 Å². The largest absolute Gasteiger partial charge is 0.476 e. The Morgan fingerprint density at radius 3 is 2.85 bits per heavy atom. The van der Waals surface area contributed by atoms with Crippen LogP contribution in [0.25, 0.3) is 5.69 Å². The van der Waals surface area contributed by atoms with Gasteiger partial charge >= 0.3 is 5.97 Å². The van der Waals surface area contributed by atoms with E-state index in [1.807, 2.05) is 25.1 Å². The fourth-order valence-corrected chi connectivity index (χ4v) is 3.20. The lowest BCUT2D eigenvalue weighted by atomic mass is 9.95. The molecule has 0 aliphatic heterocycles. The van der Waals surface area contributed by atoms with E-state index in [0.717, 1.165) is 52.7 Å². The van der Waals surface area contributed by atoms with E-state index >= 15 is 0 Å². The molecule has 3 rings (SSSR count). The van der Waals surface area contributed by atoms with Crippen LogP contribution in [0.5, 0.6) is 0 Å². The van der Waals surface area contributed by atoms with Gasteiger partial charge in [0, 0.05) is 15.7 Å². The van der Waals surface area contributed by atoms with E-state index in [1.54, 1.807) is 4.68 Å². The molecule has 2 aromatic rings. The van der Waals surface area contributed by atoms with Crippen LogP contribution >= 0.6 is 15.9 Å². The molecule has 0 fully saturated rings. The van der Waals surface area contributed by atoms with E-state index < -0.39 is 5.97 Å². The Balaban J connectivity index is 2.24. The fourth-order valence-electron chi connectivity index (χ4n) is 2.77. The molecule has 1 heterocycles. The van der Waals surface area contributed by atoms with Crippen molar-refractivity contribution < 1.29 is 9.90 Å². The molecule has 0 unspecified atom stereocenters. The van der Waals surface area contributed by atoms with Crippen LogP contribution in [0.2, 0.25) is 0 Å². The second kappa shape index (κ2) is 5.05. The van der Waals surface area contributed by atoms with Crippen molar-refractivity contribution in [2.24, 2.45) is 0 Å². The number of aromatic nitrogens is 2. The lowest BCUT2D eigenvalue weighted by Gasteiger charge is -2.15. The summed E-state index contributed by atoms with van der Waals surface area (Å²) in [6.07, 6.45) is 3.81. The van der Waals surface area contributed by atoms with E-state index in [1.165, 1.54) is 0 Å². The van der Waals surface area contributed by atoms with Gasteiger partial charge < -0.3 is 5.11 Å². The highest BCUT2D eigenvalue weighted by molar-refractivity contribution is 9.10. The first kappa shape index (κ1) is 13.4. The van der Waals surface area contributed by atoms with E-state index in [2.05, 4.69) is 21.0 Å². The van der Waals surface area contributed by atoms with Gasteiger partial charge in [-0.25, -0.2) is 9.48 Å². The molecule has 0 bridgehead atoms. The van der Waals surface area contributed by atoms with Crippen molar-refractivity contribution in [1.82, 2.24) is 9.78 Å². The van der Waals surface area contributed by atoms with Crippen molar-refractivity contribution in [2.75, 3.05) is 0 Å². The van der Waals surface area contributed by atoms with Crippen LogP contribution in [-0.4, -0.2) is 20.9 Å². The Morgan fingerprint density at radius 1 is 1.35 bits per heavy atom. The standard InChI is InChI=1S/C15H15BrN2O2/c1-9-5-4-8-12(13(9)16)18-11-7-3-2-6-10(11)14(17-18)15(19)20/h4-5,8H,2-3,6-7H2,1H3,(H,19,20). The van der Waals surface area contributed by atoms with Crippen molar-refractivity contribution in [2.45, 2.75) is 32.6 Å². The fraction of sp³-hybridized carbons (Fsp3) is 0.333. The summed E-state index contributed by atoms with van der Waals surface area (Å²) in [6, 6.07) is 5.94. The summed E-state index contributed by atoms with van der Waals surface area (Å²) in [7, 11) is 0. The number of aromatic carboxylic acids is 1. The number of benzene rings is 1. The molecule has 0 amide bonds. The normalized spacial score (nSPS) is 14.1. The zero-order chi connectivity index (χ0) is 14.3. The minimum atomic E-state index is -0.939. The molecule has 20 heavy (non-hydrogen) atoms. The number of carbonyl (C=O) groups is 1. The van der Waals surface area contributed by atoms with E-state index in [9.17, 15) is 9.90 Å². The van der Waals surface area contributed by atoms with E-state index in [-0.39, 0.29) is 5.69 Å². The summed E-state index contributed by atoms with van der Waals surface area (Å²) in [4.78, 5) is 11.4. The molecule has 1 N–H and O–H groups in total. The number of halogens is 1. The van der Waals surface area contributed by atoms with Gasteiger partial charge in [0.05, 0.1) is 5.69 Å². The van der Waals surface area contributed by atoms with Crippen LogP contribution in [0.15, 0.2) is 22.7 Å². The van der Waals surface area contributed by atoms with Crippen LogP contribution in [0, 0.1) is 6.92 Å². The highest BCUT2D eigenvalue weighted by Gasteiger charge is 2.25. The molecule has 4 nitrogen and oxygen atoms in total. The van der Waals surface area contributed by atoms with Gasteiger partial charge in [-0.2, -0.15) is 5.10 Å². The molecule has 0 radical (unpaired) electrons. The van der Waals surface area contributed by atoms with Crippen molar-refractivity contribution in [3.8, 4) is 5.69 Å². The highest BCUT2D eigenvalue weighted by Crippen LogP contribution is 2.31. The highest BCUT2D eigenvalue weighted by atomic mass is 79.9. The minimum absolute atomic E-state index is 0.202. The zero-order valence-electron chi connectivity index (χ0n) is 11.2. The van der Waals surface area contributed by atoms with Gasteiger partial charge in [0.25, 0.3) is 0 Å². The summed E-state index contributed by atoms with van der Waals surface area (Å²) < 4.78 is 2.77. The first-order chi connectivity index (χ1) is 9.59. The number of carboxylic acid groups (broad SMARTS) is 1. The van der Waals surface area contributed by atoms with Crippen LogP contribution < -0.4 is 0 Å². The maximum absolute atomic E-state index is 11.4. The maximum atomic E-state index is 11.4. The van der Waals surface area contributed by atoms with Crippen molar-refractivity contribution in [1.29, 1.82) is 0 Å². The Bertz CT molecular complexity index is 691. The summed E-state index contributed by atoms with van der Waals surface area (Å²) in [5, 5.41) is 13.7. The Kier molecular flexibility index (Phi) is 3.38. The van der Waals surface area contributed by atoms with E-state index in [0.29, 0.717) is 0 Å². The third-order valence-corrected chi connectivity index (χ3v) is 4.81. The number of hydrogen-bond acceptors (Lipinski definition) is 2. The Hall–Kier alpha value is -1.62. The molecule has 0 atom stereocenters. The molecule has 5 heteroatoms. The average molecular weight is 335 g/mol. The number of carboxylic acids is 1. The second-order valence-electron chi connectivity index (χ2n) is 5.11. The van der Waals surface area contributed by atoms with Crippen LogP contribution in [0.1, 0.15) is 40.2 Å². The number of aryl methyl sites for hydroxylation is 1. The molecule has 0 spiro atoms. The maximum Gasteiger partial charge on any atom is 0.356 e. The van der Waals surface area contributed by atoms with E-state index in [4.69, 9.17) is 0 Å². The molecule has 0 saturated carbocycles. The predicted octanol–water partition coefficient (Wildman–Crippen LogP) is 3.52. The molecule has 1 aliphatic rings. The zero-order valence-corrected chi connectivity index (χ0v) is 12.8. The van der Waals surface area contributed by atoms with Crippen molar-refractivity contribution >= 4 is 21.9 Å². The van der Waals surface area contributed by atoms with Gasteiger partial charge in [-0.05, 0) is 60.2 Å². The van der Waals surface area contributed by atoms with Crippen molar-refractivity contribution in [3.05, 3.63) is 45.2 Å². The van der Waals surface area contributed by atoms with Gasteiger partial charge in [0.2, 0.25) is 0 Å². The number of nitrogens with zero attached hydrogens (tertiary/aromatic N) is 2. The predicted molar refractivity (Wildman–Crippen MR) is 79.6 cm³/mol. The lowest BCUT2D eigenvalue weighted by Crippen LogP contribution is -2.08. The summed E-state index contributed by atoms with van der Waals surface area (Å²) in [5.74, 6) is -0.939. The molecule has 0 saturated heterocycles. The first-order valence-corrected chi connectivity index (χ1v) is 7.48. The Morgan fingerprint density at radius 2 is 2.10 bits per heavy atom. The van der Waals surface area contributed by atoms with Gasteiger partial charge in [0.15, 0.2) is 5.69 Å². The van der Waals surface area contributed by atoms with Gasteiger partial charge in [-0.15, -0.1) is 0 Å². The molecule has 1 aromatic carbocycles. The monoisotopic (exact) mass is 334 g/mol. The topological polar surface area (TPSA) is 55.1 Å². The first-order valence-electron chi connectivity index (χ1n) is 6.69. The second-order valence-corrected chi connectivity index (χ2v) is 5.90. The van der Waals surface area contributed by atoms with Crippen molar-refractivity contribution in [3.63, 3.8) is 0 Å². The lowest BCUT2D eigenvalue weighted by molar-refractivity contribution is 0.0688. The summed E-state index contributed by atoms with van der Waals surface area (Å²) in [5.41, 5.74) is 4.17. The summed E-state index contributed by atoms with van der Waals surface area (Å²) >= 11 is 3.58. The quantitative estimate of drug-likeness (QED) is 0.914. The van der Waals surface area contributed by atoms with Gasteiger partial charge in [0.1, 0.15) is 0 Å². The third-order valence-electron chi connectivity index (χ3n) is 3.78. The number of rotatable bonds is 2. The van der Waals surface area contributed by atoms with Gasteiger partial charge in [-0.1, -0.05) is 12.1 Å². The average Bonchev–Trinajstić information content (AvgIpc) is 2.82. The smallest absolute Gasteiger partial charge is 0.356 e. The molecule has 1 aliphatic carbocycles. The third kappa shape index (κ3) is 2.06.